The van der Waals surface area contributed by atoms with Crippen LogP contribution in [0.15, 0.2) is 148 Å². The van der Waals surface area contributed by atoms with E-state index in [-0.39, 0.29) is 42.1 Å². The van der Waals surface area contributed by atoms with Crippen molar-refractivity contribution in [2.75, 3.05) is 36.5 Å². The molecule has 2 heterocycles. The van der Waals surface area contributed by atoms with E-state index in [1.165, 1.54) is 71.5 Å². The average Bonchev–Trinajstić information content (AvgIpc) is 3.85. The van der Waals surface area contributed by atoms with Crippen molar-refractivity contribution < 1.29 is 19.3 Å². The van der Waals surface area contributed by atoms with Gasteiger partial charge >= 0.3 is 0 Å². The van der Waals surface area contributed by atoms with Gasteiger partial charge in [0.05, 0.1) is 5.41 Å². The Morgan fingerprint density at radius 2 is 1.44 bits per heavy atom. The fourth-order valence-electron chi connectivity index (χ4n) is 10.0. The first kappa shape index (κ1) is 43.9. The Balaban J connectivity index is 1.10. The van der Waals surface area contributed by atoms with Crippen LogP contribution in [-0.4, -0.2) is 53.4 Å². The van der Waals surface area contributed by atoms with Crippen LogP contribution in [0.25, 0.3) is 21.5 Å². The lowest BCUT2D eigenvalue weighted by molar-refractivity contribution is -0.433. The van der Waals surface area contributed by atoms with Gasteiger partial charge in [-0.3, -0.25) is 9.59 Å². The summed E-state index contributed by atoms with van der Waals surface area (Å²) in [6.07, 6.45) is 12.9. The Morgan fingerprint density at radius 1 is 0.762 bits per heavy atom. The van der Waals surface area contributed by atoms with Crippen molar-refractivity contribution in [3.63, 3.8) is 0 Å². The molecule has 2 amide bonds. The molecule has 0 atom stereocenters. The predicted octanol–water partition coefficient (Wildman–Crippen LogP) is 12.0. The zero-order chi connectivity index (χ0) is 44.3. The van der Waals surface area contributed by atoms with Gasteiger partial charge in [0.25, 0.3) is 0 Å². The van der Waals surface area contributed by atoms with Gasteiger partial charge in [0.15, 0.2) is 5.71 Å². The molecule has 324 valence electrons. The van der Waals surface area contributed by atoms with Gasteiger partial charge in [-0.15, -0.1) is 0 Å². The molecule has 5 aromatic rings. The van der Waals surface area contributed by atoms with E-state index in [0.717, 1.165) is 36.5 Å². The molecule has 8 heteroatoms. The number of hydrogen-bond acceptors (Lipinski definition) is 5. The lowest BCUT2D eigenvalue weighted by Crippen LogP contribution is -2.27. The number of rotatable bonds is 15. The Labute approximate surface area is 377 Å². The van der Waals surface area contributed by atoms with Crippen LogP contribution < -0.4 is 15.5 Å². The van der Waals surface area contributed by atoms with Crippen molar-refractivity contribution in [1.82, 2.24) is 5.32 Å². The normalized spacial score (nSPS) is 17.8. The minimum absolute atomic E-state index is 0.0411. The van der Waals surface area contributed by atoms with Crippen molar-refractivity contribution in [3.8, 4) is 0 Å². The van der Waals surface area contributed by atoms with E-state index < -0.39 is 0 Å². The standard InChI is InChI=1S/C55H60N4O3S/c1-7-58-45-31-23-37-15-9-11-17-43(37)51(45)54(3,4)47(58)33-25-39-21-22-40(26-34-48-55(5,6)52-44-18-12-10-16-38(44)24-32-46(52)59(48)8-2)53(39)63-42-29-27-41(28-30-42)57-50(62)20-13-19-49(61)56-35-14-36-60/h9-12,15-18,23-34,60H,7-8,13-14,19-22,35-36H2,1-6H3,(H-,56,57,61,62)/p+1. The summed E-state index contributed by atoms with van der Waals surface area (Å²) in [7, 11) is 0. The number of anilines is 2. The number of nitrogens with zero attached hydrogens (tertiary/aromatic N) is 2. The Morgan fingerprint density at radius 3 is 2.14 bits per heavy atom. The average molecular weight is 858 g/mol. The van der Waals surface area contributed by atoms with Gasteiger partial charge in [-0.2, -0.15) is 4.58 Å². The number of likely N-dealkylation sites (N-methyl/N-ethyl adjacent to an activating group) is 1. The molecule has 0 aromatic heterocycles. The Hall–Kier alpha value is -5.70. The quantitative estimate of drug-likeness (QED) is 0.0721. The maximum atomic E-state index is 12.8. The maximum absolute atomic E-state index is 12.8. The molecule has 0 radical (unpaired) electrons. The number of amides is 2. The summed E-state index contributed by atoms with van der Waals surface area (Å²) in [5.41, 5.74) is 11.0. The number of aliphatic hydroxyl groups excluding tert-OH is 1. The van der Waals surface area contributed by atoms with Crippen LogP contribution in [0.4, 0.5) is 17.1 Å². The number of nitrogens with one attached hydrogen (secondary N) is 2. The lowest BCUT2D eigenvalue weighted by Gasteiger charge is -2.26. The summed E-state index contributed by atoms with van der Waals surface area (Å²) < 4.78 is 2.49. The summed E-state index contributed by atoms with van der Waals surface area (Å²) in [5, 5.41) is 19.9. The first-order valence-corrected chi connectivity index (χ1v) is 23.5. The number of benzene rings is 5. The van der Waals surface area contributed by atoms with Crippen molar-refractivity contribution >= 4 is 67.9 Å². The van der Waals surface area contributed by atoms with E-state index in [1.54, 1.807) is 11.8 Å². The Bertz CT molecular complexity index is 2740. The fourth-order valence-corrected chi connectivity index (χ4v) is 11.1. The maximum Gasteiger partial charge on any atom is 0.224 e. The second-order valence-electron chi connectivity index (χ2n) is 17.9. The predicted molar refractivity (Wildman–Crippen MR) is 263 cm³/mol. The fraction of sp³-hybridized carbons (Fsp3) is 0.327. The van der Waals surface area contributed by atoms with Crippen LogP contribution in [0.1, 0.15) is 91.2 Å². The van der Waals surface area contributed by atoms with E-state index in [0.29, 0.717) is 19.4 Å². The summed E-state index contributed by atoms with van der Waals surface area (Å²) in [6.45, 7) is 16.2. The molecular weight excluding hydrogens is 797 g/mol. The second-order valence-corrected chi connectivity index (χ2v) is 19.0. The number of fused-ring (bicyclic) bond motifs is 6. The SMILES string of the molecule is CCN1/C(=C/C=C2\CCC(/C=C/C3=[N+](CC)c4ccc5ccccc5c4C3(C)C)=C2Sc2ccc(NC(=O)CCCC(=O)NCCCO)cc2)C(C)(C)c2c1ccc1ccccc21. The minimum Gasteiger partial charge on any atom is -0.396 e. The van der Waals surface area contributed by atoms with Crippen LogP contribution in [-0.2, 0) is 20.4 Å². The molecule has 0 spiro atoms. The number of aliphatic hydroxyl groups is 1. The molecule has 63 heavy (non-hydrogen) atoms. The molecule has 0 fully saturated rings. The molecule has 0 saturated heterocycles. The third kappa shape index (κ3) is 8.68. The highest BCUT2D eigenvalue weighted by Gasteiger charge is 2.45. The van der Waals surface area contributed by atoms with Crippen molar-refractivity contribution in [3.05, 3.63) is 154 Å². The van der Waals surface area contributed by atoms with Gasteiger partial charge in [0.1, 0.15) is 6.54 Å². The first-order chi connectivity index (χ1) is 30.5. The van der Waals surface area contributed by atoms with Crippen molar-refractivity contribution in [2.24, 2.45) is 0 Å². The monoisotopic (exact) mass is 857 g/mol. The molecule has 1 aliphatic carbocycles. The molecule has 8 rings (SSSR count). The van der Waals surface area contributed by atoms with E-state index >= 15 is 0 Å². The first-order valence-electron chi connectivity index (χ1n) is 22.7. The number of carbonyl (C=O) groups is 2. The van der Waals surface area contributed by atoms with E-state index in [2.05, 4.69) is 171 Å². The van der Waals surface area contributed by atoms with Gasteiger partial charge in [0, 0.05) is 82.5 Å². The van der Waals surface area contributed by atoms with Gasteiger partial charge in [-0.1, -0.05) is 92.4 Å². The van der Waals surface area contributed by atoms with Gasteiger partial charge in [0.2, 0.25) is 17.5 Å². The van der Waals surface area contributed by atoms with Crippen LogP contribution in [0.5, 0.6) is 0 Å². The van der Waals surface area contributed by atoms with Crippen molar-refractivity contribution in [2.45, 2.75) is 95.8 Å². The van der Waals surface area contributed by atoms with E-state index in [9.17, 15) is 9.59 Å². The third-order valence-corrected chi connectivity index (χ3v) is 14.3. The third-order valence-electron chi connectivity index (χ3n) is 13.1. The van der Waals surface area contributed by atoms with Gasteiger partial charge in [-0.05, 0) is 134 Å². The molecule has 3 N–H and O–H groups in total. The highest BCUT2D eigenvalue weighted by Crippen LogP contribution is 2.51. The van der Waals surface area contributed by atoms with Crippen LogP contribution in [0.3, 0.4) is 0 Å². The Kier molecular flexibility index (Phi) is 12.9. The molecular formula is C55H61N4O3S+. The van der Waals surface area contributed by atoms with E-state index in [4.69, 9.17) is 5.11 Å². The van der Waals surface area contributed by atoms with Gasteiger partial charge < -0.3 is 20.6 Å². The summed E-state index contributed by atoms with van der Waals surface area (Å²) in [4.78, 5) is 29.7. The molecule has 2 aliphatic heterocycles. The topological polar surface area (TPSA) is 84.7 Å². The van der Waals surface area contributed by atoms with Crippen LogP contribution in [0, 0.1) is 0 Å². The van der Waals surface area contributed by atoms with Crippen molar-refractivity contribution in [1.29, 1.82) is 0 Å². The lowest BCUT2D eigenvalue weighted by atomic mass is 9.79. The zero-order valence-corrected chi connectivity index (χ0v) is 38.5. The number of allylic oxidation sites excluding steroid dienone is 7. The summed E-state index contributed by atoms with van der Waals surface area (Å²) >= 11 is 1.80. The molecule has 0 saturated carbocycles. The number of hydrogen-bond donors (Lipinski definition) is 3. The highest BCUT2D eigenvalue weighted by molar-refractivity contribution is 8.03. The molecule has 0 bridgehead atoms. The van der Waals surface area contributed by atoms with Gasteiger partial charge in [-0.25, -0.2) is 0 Å². The summed E-state index contributed by atoms with van der Waals surface area (Å²) in [5.74, 6) is -0.213. The van der Waals surface area contributed by atoms with E-state index in [1.807, 2.05) is 12.1 Å². The molecule has 7 nitrogen and oxygen atoms in total. The second kappa shape index (κ2) is 18.6. The smallest absolute Gasteiger partial charge is 0.224 e. The molecule has 0 unspecified atom stereocenters. The number of carbonyl (C=O) groups excluding carboxylic acids is 2. The molecule has 5 aromatic carbocycles. The van der Waals surface area contributed by atoms with Crippen LogP contribution in [0.2, 0.25) is 0 Å². The summed E-state index contributed by atoms with van der Waals surface area (Å²) in [6, 6.07) is 34.7. The number of thioether (sulfide) groups is 1. The zero-order valence-electron chi connectivity index (χ0n) is 37.7. The van der Waals surface area contributed by atoms with Crippen LogP contribution >= 0.6 is 11.8 Å². The highest BCUT2D eigenvalue weighted by atomic mass is 32.2. The largest absolute Gasteiger partial charge is 0.396 e. The minimum atomic E-state index is -0.178. The molecule has 3 aliphatic rings.